The van der Waals surface area contributed by atoms with Crippen molar-refractivity contribution >= 4 is 23.2 Å². The van der Waals surface area contributed by atoms with Crippen molar-refractivity contribution in [2.75, 3.05) is 11.9 Å². The van der Waals surface area contributed by atoms with Crippen LogP contribution in [0.3, 0.4) is 0 Å². The lowest BCUT2D eigenvalue weighted by Crippen LogP contribution is -2.13. The van der Waals surface area contributed by atoms with Crippen molar-refractivity contribution < 1.29 is 4.79 Å². The lowest BCUT2D eigenvalue weighted by molar-refractivity contribution is 0.102. The lowest BCUT2D eigenvalue weighted by Gasteiger charge is -2.06. The Morgan fingerprint density at radius 2 is 2.25 bits per heavy atom. The highest BCUT2D eigenvalue weighted by Crippen LogP contribution is 2.16. The normalized spacial score (nSPS) is 9.50. The van der Waals surface area contributed by atoms with Crippen molar-refractivity contribution in [3.8, 4) is 11.8 Å². The predicted octanol–water partition coefficient (Wildman–Crippen LogP) is 2.30. The first-order chi connectivity index (χ1) is 9.70. The van der Waals surface area contributed by atoms with Crippen LogP contribution >= 0.6 is 11.6 Å². The molecule has 1 amide bonds. The molecule has 3 N–H and O–H groups in total. The second kappa shape index (κ2) is 6.71. The number of carbonyl (C=O) groups excluding carboxylic acids is 1. The molecule has 0 spiro atoms. The molecule has 0 bridgehead atoms. The van der Waals surface area contributed by atoms with Gasteiger partial charge in [-0.1, -0.05) is 29.5 Å². The largest absolute Gasteiger partial charge is 0.322 e. The Kier molecular flexibility index (Phi) is 4.72. The Bertz CT molecular complexity index is 689. The topological polar surface area (TPSA) is 68.0 Å². The van der Waals surface area contributed by atoms with Gasteiger partial charge in [0.1, 0.15) is 0 Å². The van der Waals surface area contributed by atoms with Gasteiger partial charge in [-0.3, -0.25) is 9.78 Å². The Hall–Kier alpha value is -2.35. The second-order valence-corrected chi connectivity index (χ2v) is 4.33. The molecular formula is C15H12ClN3O. The van der Waals surface area contributed by atoms with E-state index in [1.807, 2.05) is 0 Å². The molecule has 20 heavy (non-hydrogen) atoms. The van der Waals surface area contributed by atoms with Crippen molar-refractivity contribution in [3.63, 3.8) is 0 Å². The van der Waals surface area contributed by atoms with Gasteiger partial charge in [-0.25, -0.2) is 0 Å². The summed E-state index contributed by atoms with van der Waals surface area (Å²) in [5, 5.41) is 3.32. The first-order valence-corrected chi connectivity index (χ1v) is 6.28. The van der Waals surface area contributed by atoms with E-state index in [0.29, 0.717) is 21.8 Å². The first-order valence-electron chi connectivity index (χ1n) is 5.90. The highest BCUT2D eigenvalue weighted by molar-refractivity contribution is 6.31. The van der Waals surface area contributed by atoms with Crippen LogP contribution in [0.2, 0.25) is 5.02 Å². The summed E-state index contributed by atoms with van der Waals surface area (Å²) < 4.78 is 0. The average Bonchev–Trinajstić information content (AvgIpc) is 2.45. The molecule has 0 radical (unpaired) electrons. The number of nitrogens with one attached hydrogen (secondary N) is 1. The maximum absolute atomic E-state index is 12.2. The highest BCUT2D eigenvalue weighted by atomic mass is 35.5. The van der Waals surface area contributed by atoms with Crippen molar-refractivity contribution in [2.45, 2.75) is 0 Å². The summed E-state index contributed by atoms with van der Waals surface area (Å²) in [7, 11) is 0. The average molecular weight is 286 g/mol. The molecule has 1 aromatic carbocycles. The van der Waals surface area contributed by atoms with Crippen molar-refractivity contribution in [1.29, 1.82) is 0 Å². The molecule has 0 aliphatic heterocycles. The third-order valence-electron chi connectivity index (χ3n) is 2.47. The van der Waals surface area contributed by atoms with Gasteiger partial charge in [0, 0.05) is 23.1 Å². The molecule has 1 heterocycles. The van der Waals surface area contributed by atoms with Gasteiger partial charge in [0.2, 0.25) is 0 Å². The quantitative estimate of drug-likeness (QED) is 0.832. The summed E-state index contributed by atoms with van der Waals surface area (Å²) >= 11 is 5.88. The second-order valence-electron chi connectivity index (χ2n) is 3.89. The number of rotatable bonds is 2. The number of nitrogens with zero attached hydrogens (tertiary/aromatic N) is 1. The van der Waals surface area contributed by atoms with Crippen LogP contribution in [0.25, 0.3) is 0 Å². The van der Waals surface area contributed by atoms with E-state index in [4.69, 9.17) is 17.3 Å². The fourth-order valence-corrected chi connectivity index (χ4v) is 1.79. The molecule has 5 heteroatoms. The van der Waals surface area contributed by atoms with E-state index in [2.05, 4.69) is 22.1 Å². The molecule has 0 fully saturated rings. The Balaban J connectivity index is 2.25. The van der Waals surface area contributed by atoms with E-state index in [1.165, 1.54) is 6.20 Å². The maximum Gasteiger partial charge on any atom is 0.257 e. The van der Waals surface area contributed by atoms with Gasteiger partial charge < -0.3 is 11.1 Å². The predicted molar refractivity (Wildman–Crippen MR) is 79.6 cm³/mol. The summed E-state index contributed by atoms with van der Waals surface area (Å²) in [6.45, 7) is 0.226. The minimum atomic E-state index is -0.268. The van der Waals surface area contributed by atoms with E-state index in [-0.39, 0.29) is 12.5 Å². The van der Waals surface area contributed by atoms with Crippen molar-refractivity contribution in [1.82, 2.24) is 4.98 Å². The van der Waals surface area contributed by atoms with E-state index in [9.17, 15) is 4.79 Å². The zero-order chi connectivity index (χ0) is 14.4. The van der Waals surface area contributed by atoms with Crippen LogP contribution in [-0.4, -0.2) is 17.4 Å². The number of pyridine rings is 1. The van der Waals surface area contributed by atoms with Crippen molar-refractivity contribution in [2.24, 2.45) is 5.73 Å². The number of amides is 1. The van der Waals surface area contributed by atoms with Gasteiger partial charge in [-0.2, -0.15) is 0 Å². The maximum atomic E-state index is 12.2. The minimum absolute atomic E-state index is 0.226. The molecule has 0 aliphatic rings. The number of hydrogen-bond donors (Lipinski definition) is 2. The summed E-state index contributed by atoms with van der Waals surface area (Å²) in [4.78, 5) is 16.2. The Labute approximate surface area is 122 Å². The van der Waals surface area contributed by atoms with E-state index in [0.717, 1.165) is 0 Å². The van der Waals surface area contributed by atoms with Crippen LogP contribution in [0, 0.1) is 11.8 Å². The lowest BCUT2D eigenvalue weighted by atomic mass is 10.1. The molecule has 0 saturated carbocycles. The SMILES string of the molecule is NCC#Cc1cnccc1C(=O)Nc1cccc(Cl)c1. The number of nitrogens with two attached hydrogens (primary N) is 1. The van der Waals surface area contributed by atoms with Gasteiger partial charge in [0.15, 0.2) is 0 Å². The third kappa shape index (κ3) is 3.58. The summed E-state index contributed by atoms with van der Waals surface area (Å²) in [6, 6.07) is 8.55. The molecule has 0 atom stereocenters. The van der Waals surface area contributed by atoms with E-state index < -0.39 is 0 Å². The van der Waals surface area contributed by atoms with Gasteiger partial charge in [0.25, 0.3) is 5.91 Å². The van der Waals surface area contributed by atoms with Crippen LogP contribution in [0.5, 0.6) is 0 Å². The zero-order valence-electron chi connectivity index (χ0n) is 10.6. The molecule has 4 nitrogen and oxygen atoms in total. The van der Waals surface area contributed by atoms with Gasteiger partial charge in [-0.15, -0.1) is 0 Å². The molecule has 0 aliphatic carbocycles. The number of anilines is 1. The number of carbonyl (C=O) groups is 1. The van der Waals surface area contributed by atoms with E-state index >= 15 is 0 Å². The zero-order valence-corrected chi connectivity index (χ0v) is 11.3. The fraction of sp³-hybridized carbons (Fsp3) is 0.0667. The molecular weight excluding hydrogens is 274 g/mol. The Morgan fingerprint density at radius 3 is 3.00 bits per heavy atom. The molecule has 2 rings (SSSR count). The smallest absolute Gasteiger partial charge is 0.257 e. The molecule has 2 aromatic rings. The molecule has 0 saturated heterocycles. The van der Waals surface area contributed by atoms with Crippen molar-refractivity contribution in [3.05, 3.63) is 58.9 Å². The standard InChI is InChI=1S/C15H12ClN3O/c16-12-4-1-5-13(9-12)19-15(20)14-6-8-18-10-11(14)3-2-7-17/h1,4-6,8-10H,7,17H2,(H,19,20). The van der Waals surface area contributed by atoms with Crippen LogP contribution in [0.15, 0.2) is 42.7 Å². The monoisotopic (exact) mass is 285 g/mol. The van der Waals surface area contributed by atoms with Crippen LogP contribution in [0.4, 0.5) is 5.69 Å². The Morgan fingerprint density at radius 1 is 1.40 bits per heavy atom. The third-order valence-corrected chi connectivity index (χ3v) is 2.71. The number of hydrogen-bond acceptors (Lipinski definition) is 3. The van der Waals surface area contributed by atoms with Gasteiger partial charge in [0.05, 0.1) is 17.7 Å². The van der Waals surface area contributed by atoms with Gasteiger partial charge in [-0.05, 0) is 24.3 Å². The molecule has 100 valence electrons. The minimum Gasteiger partial charge on any atom is -0.322 e. The molecule has 1 aromatic heterocycles. The number of benzene rings is 1. The first kappa shape index (κ1) is 14.1. The van der Waals surface area contributed by atoms with Crippen LogP contribution in [-0.2, 0) is 0 Å². The van der Waals surface area contributed by atoms with Crippen LogP contribution in [0.1, 0.15) is 15.9 Å². The number of aromatic nitrogens is 1. The summed E-state index contributed by atoms with van der Waals surface area (Å²) in [6.07, 6.45) is 3.08. The fourth-order valence-electron chi connectivity index (χ4n) is 1.60. The highest BCUT2D eigenvalue weighted by Gasteiger charge is 2.10. The summed E-state index contributed by atoms with van der Waals surface area (Å²) in [5.41, 5.74) is 6.94. The van der Waals surface area contributed by atoms with E-state index in [1.54, 1.807) is 36.5 Å². The number of halogens is 1. The van der Waals surface area contributed by atoms with Crippen LogP contribution < -0.4 is 11.1 Å². The molecule has 0 unspecified atom stereocenters. The summed E-state index contributed by atoms with van der Waals surface area (Å²) in [5.74, 6) is 5.27. The van der Waals surface area contributed by atoms with Gasteiger partial charge >= 0.3 is 0 Å².